The Labute approximate surface area is 258 Å². The number of para-hydroxylation sites is 1. The third-order valence-corrected chi connectivity index (χ3v) is 7.54. The molecule has 4 amide bonds. The van der Waals surface area contributed by atoms with Crippen LogP contribution in [0, 0.1) is 11.6 Å². The first kappa shape index (κ1) is 30.5. The van der Waals surface area contributed by atoms with Gasteiger partial charge in [0.1, 0.15) is 18.2 Å². The van der Waals surface area contributed by atoms with Crippen molar-refractivity contribution in [2.75, 3.05) is 48.3 Å². The van der Waals surface area contributed by atoms with Gasteiger partial charge in [0.25, 0.3) is 5.91 Å². The molecule has 0 aromatic heterocycles. The molecule has 1 aliphatic rings. The van der Waals surface area contributed by atoms with E-state index >= 15 is 0 Å². The van der Waals surface area contributed by atoms with Gasteiger partial charge in [0, 0.05) is 44.1 Å². The second kappa shape index (κ2) is 14.0. The highest BCUT2D eigenvalue weighted by Crippen LogP contribution is 2.22. The first-order chi connectivity index (χ1) is 21.3. The Morgan fingerprint density at radius 2 is 1.43 bits per heavy atom. The smallest absolute Gasteiger partial charge is 0.322 e. The van der Waals surface area contributed by atoms with Crippen molar-refractivity contribution in [3.05, 3.63) is 125 Å². The lowest BCUT2D eigenvalue weighted by Gasteiger charge is -2.36. The molecule has 0 unspecified atom stereocenters. The highest BCUT2D eigenvalue weighted by Gasteiger charge is 2.23. The maximum absolute atomic E-state index is 13.9. The molecule has 2 N–H and O–H groups in total. The Bertz CT molecular complexity index is 1630. The second-order valence-electron chi connectivity index (χ2n) is 10.2. The summed E-state index contributed by atoms with van der Waals surface area (Å²) in [6.07, 6.45) is 0. The Kier molecular flexibility index (Phi) is 9.71. The molecular weight excluding hydrogens is 588 g/mol. The lowest BCUT2D eigenvalue weighted by molar-refractivity contribution is -0.117. The van der Waals surface area contributed by atoms with Crippen LogP contribution in [0.3, 0.4) is 0 Å². The molecule has 44 heavy (non-hydrogen) atoms. The first-order valence-corrected chi connectivity index (χ1v) is 14.4. The van der Waals surface area contributed by atoms with Gasteiger partial charge in [-0.05, 0) is 66.2 Å². The molecule has 226 valence electrons. The minimum atomic E-state index is -0.487. The van der Waals surface area contributed by atoms with Crippen molar-refractivity contribution in [3.63, 3.8) is 0 Å². The number of nitrogens with one attached hydrogen (secondary N) is 2. The summed E-state index contributed by atoms with van der Waals surface area (Å²) in [6, 6.07) is 25.3. The molecule has 1 fully saturated rings. The van der Waals surface area contributed by atoms with Crippen molar-refractivity contribution in [3.8, 4) is 0 Å². The first-order valence-electron chi connectivity index (χ1n) is 14.0. The Morgan fingerprint density at radius 3 is 2.11 bits per heavy atom. The molecule has 8 nitrogen and oxygen atoms in total. The number of halogens is 3. The van der Waals surface area contributed by atoms with Crippen molar-refractivity contribution >= 4 is 46.5 Å². The fraction of sp³-hybridized carbons (Fsp3) is 0.182. The number of nitrogens with zero attached hydrogens (tertiary/aromatic N) is 3. The lowest BCUT2D eigenvalue weighted by Crippen LogP contribution is -2.50. The van der Waals surface area contributed by atoms with Gasteiger partial charge in [0.2, 0.25) is 5.91 Å². The van der Waals surface area contributed by atoms with Gasteiger partial charge in [0.15, 0.2) is 0 Å². The van der Waals surface area contributed by atoms with Crippen LogP contribution in [0.2, 0.25) is 5.02 Å². The minimum absolute atomic E-state index is 0.0843. The fourth-order valence-electron chi connectivity index (χ4n) is 4.87. The second-order valence-corrected chi connectivity index (χ2v) is 10.7. The molecule has 4 aromatic rings. The van der Waals surface area contributed by atoms with Crippen LogP contribution in [0.5, 0.6) is 0 Å². The standard InChI is InChI=1S/C33H30ClF2N5O3/c34-28-6-2-1-5-27(28)32(43)41(21-23-9-11-24(35)12-10-23)22-31(42)37-25-13-15-26(16-14-25)39-17-19-40(20-18-39)33(44)38-30-8-4-3-7-29(30)36/h1-16H,17-22H2,(H,37,42)(H,38,44). The summed E-state index contributed by atoms with van der Waals surface area (Å²) in [5, 5.41) is 5.71. The van der Waals surface area contributed by atoms with Crippen LogP contribution < -0.4 is 15.5 Å². The van der Waals surface area contributed by atoms with Gasteiger partial charge < -0.3 is 25.3 Å². The van der Waals surface area contributed by atoms with E-state index in [9.17, 15) is 23.2 Å². The topological polar surface area (TPSA) is 85.0 Å². The summed E-state index contributed by atoms with van der Waals surface area (Å²) in [4.78, 5) is 44.1. The molecule has 0 spiro atoms. The number of hydrogen-bond acceptors (Lipinski definition) is 4. The van der Waals surface area contributed by atoms with Crippen molar-refractivity contribution in [1.82, 2.24) is 9.80 Å². The van der Waals surface area contributed by atoms with E-state index in [-0.39, 0.29) is 35.4 Å². The zero-order valence-electron chi connectivity index (χ0n) is 23.7. The number of amides is 4. The van der Waals surface area contributed by atoms with E-state index in [1.54, 1.807) is 65.6 Å². The number of carbonyl (C=O) groups is 3. The van der Waals surface area contributed by atoms with Gasteiger partial charge in [-0.25, -0.2) is 13.6 Å². The molecule has 0 radical (unpaired) electrons. The van der Waals surface area contributed by atoms with Crippen molar-refractivity contribution in [2.24, 2.45) is 0 Å². The third-order valence-electron chi connectivity index (χ3n) is 7.21. The van der Waals surface area contributed by atoms with Crippen molar-refractivity contribution in [1.29, 1.82) is 0 Å². The number of anilines is 3. The lowest BCUT2D eigenvalue weighted by atomic mass is 10.1. The Morgan fingerprint density at radius 1 is 0.773 bits per heavy atom. The van der Waals surface area contributed by atoms with Gasteiger partial charge in [0.05, 0.1) is 16.3 Å². The summed E-state index contributed by atoms with van der Waals surface area (Å²) in [5.41, 5.74) is 2.54. The molecule has 0 aliphatic carbocycles. The molecule has 1 saturated heterocycles. The number of hydrogen-bond donors (Lipinski definition) is 2. The van der Waals surface area contributed by atoms with Crippen LogP contribution in [0.15, 0.2) is 97.1 Å². The van der Waals surface area contributed by atoms with Gasteiger partial charge in [-0.3, -0.25) is 9.59 Å². The molecule has 1 heterocycles. The molecule has 0 atom stereocenters. The van der Waals surface area contributed by atoms with Crippen LogP contribution in [-0.4, -0.2) is 60.4 Å². The number of carbonyl (C=O) groups excluding carboxylic acids is 3. The monoisotopic (exact) mass is 617 g/mol. The van der Waals surface area contributed by atoms with Crippen LogP contribution in [0.1, 0.15) is 15.9 Å². The van der Waals surface area contributed by atoms with E-state index in [0.29, 0.717) is 37.4 Å². The van der Waals surface area contributed by atoms with Gasteiger partial charge in [-0.15, -0.1) is 0 Å². The van der Waals surface area contributed by atoms with Crippen LogP contribution in [0.4, 0.5) is 30.6 Å². The zero-order valence-corrected chi connectivity index (χ0v) is 24.4. The Hall–Kier alpha value is -4.96. The summed E-state index contributed by atoms with van der Waals surface area (Å²) < 4.78 is 27.3. The molecule has 11 heteroatoms. The predicted octanol–water partition coefficient (Wildman–Crippen LogP) is 6.25. The largest absolute Gasteiger partial charge is 0.368 e. The van der Waals surface area contributed by atoms with Crippen molar-refractivity contribution < 1.29 is 23.2 Å². The highest BCUT2D eigenvalue weighted by atomic mass is 35.5. The minimum Gasteiger partial charge on any atom is -0.368 e. The highest BCUT2D eigenvalue weighted by molar-refractivity contribution is 6.33. The predicted molar refractivity (Wildman–Crippen MR) is 167 cm³/mol. The molecular formula is C33H30ClF2N5O3. The summed E-state index contributed by atoms with van der Waals surface area (Å²) in [6.45, 7) is 1.92. The van der Waals surface area contributed by atoms with Gasteiger partial charge in [-0.2, -0.15) is 0 Å². The van der Waals surface area contributed by atoms with Gasteiger partial charge in [-0.1, -0.05) is 48.0 Å². The number of piperazine rings is 1. The molecule has 0 bridgehead atoms. The van der Waals surface area contributed by atoms with E-state index in [4.69, 9.17) is 11.6 Å². The van der Waals surface area contributed by atoms with Crippen LogP contribution in [-0.2, 0) is 11.3 Å². The maximum Gasteiger partial charge on any atom is 0.322 e. The Balaban J connectivity index is 1.17. The van der Waals surface area contributed by atoms with Crippen molar-refractivity contribution in [2.45, 2.75) is 6.54 Å². The molecule has 1 aliphatic heterocycles. The molecule has 4 aromatic carbocycles. The fourth-order valence-corrected chi connectivity index (χ4v) is 5.09. The zero-order chi connectivity index (χ0) is 31.1. The van der Waals surface area contributed by atoms with E-state index in [1.807, 2.05) is 12.1 Å². The number of rotatable bonds is 8. The molecule has 0 saturated carbocycles. The quantitative estimate of drug-likeness (QED) is 0.245. The third kappa shape index (κ3) is 7.70. The number of benzene rings is 4. The van der Waals surface area contributed by atoms with E-state index < -0.39 is 23.4 Å². The summed E-state index contributed by atoms with van der Waals surface area (Å²) in [7, 11) is 0. The average molecular weight is 618 g/mol. The van der Waals surface area contributed by atoms with Crippen LogP contribution in [0.25, 0.3) is 0 Å². The summed E-state index contributed by atoms with van der Waals surface area (Å²) in [5.74, 6) is -1.72. The van der Waals surface area contributed by atoms with E-state index in [1.165, 1.54) is 29.2 Å². The summed E-state index contributed by atoms with van der Waals surface area (Å²) >= 11 is 6.26. The van der Waals surface area contributed by atoms with E-state index in [2.05, 4.69) is 15.5 Å². The molecule has 5 rings (SSSR count). The van der Waals surface area contributed by atoms with E-state index in [0.717, 1.165) is 5.69 Å². The van der Waals surface area contributed by atoms with Crippen LogP contribution >= 0.6 is 11.6 Å². The average Bonchev–Trinajstić information content (AvgIpc) is 3.03. The maximum atomic E-state index is 13.9. The van der Waals surface area contributed by atoms with Gasteiger partial charge >= 0.3 is 6.03 Å². The normalized spacial score (nSPS) is 12.9. The number of urea groups is 1. The SMILES string of the molecule is O=C(CN(Cc1ccc(F)cc1)C(=O)c1ccccc1Cl)Nc1ccc(N2CCN(C(=O)Nc3ccccc3F)CC2)cc1.